The first-order valence-corrected chi connectivity index (χ1v) is 17.6. The van der Waals surface area contributed by atoms with Gasteiger partial charge in [-0.3, -0.25) is 4.57 Å². The fraction of sp³-hybridized carbons (Fsp3) is 0.268. The van der Waals surface area contributed by atoms with Gasteiger partial charge in [0.15, 0.2) is 5.65 Å². The van der Waals surface area contributed by atoms with Crippen molar-refractivity contribution in [2.24, 2.45) is 0 Å². The van der Waals surface area contributed by atoms with Crippen LogP contribution in [0.25, 0.3) is 33.0 Å². The van der Waals surface area contributed by atoms with Crippen LogP contribution in [0, 0.1) is 6.07 Å². The molecule has 3 aromatic carbocycles. The van der Waals surface area contributed by atoms with Crippen molar-refractivity contribution in [3.63, 3.8) is 0 Å². The molecule has 0 amide bonds. The number of anilines is 1. The zero-order chi connectivity index (χ0) is 34.9. The minimum Gasteiger partial charge on any atom is -0.692 e. The molecule has 2 aliphatic rings. The number of benzene rings is 3. The molecule has 258 valence electrons. The van der Waals surface area contributed by atoms with Crippen LogP contribution >= 0.6 is 0 Å². The van der Waals surface area contributed by atoms with Crippen molar-refractivity contribution in [2.45, 2.75) is 65.7 Å². The van der Waals surface area contributed by atoms with Crippen LogP contribution in [-0.4, -0.2) is 40.3 Å². The quantitative estimate of drug-likeness (QED) is 0.125. The molecule has 6 aromatic rings. The van der Waals surface area contributed by atoms with Crippen molar-refractivity contribution < 1.29 is 25.8 Å². The van der Waals surface area contributed by atoms with E-state index in [1.807, 2.05) is 24.5 Å². The first-order chi connectivity index (χ1) is 24.0. The molecule has 0 saturated carbocycles. The van der Waals surface area contributed by atoms with Crippen LogP contribution in [0.4, 0.5) is 5.69 Å². The zero-order valence-electron chi connectivity index (χ0n) is 30.5. The van der Waals surface area contributed by atoms with E-state index in [0.717, 1.165) is 38.9 Å². The molecule has 0 saturated heterocycles. The zero-order valence-corrected chi connectivity index (χ0v) is 32.7. The van der Waals surface area contributed by atoms with Gasteiger partial charge in [-0.25, -0.2) is 4.98 Å². The van der Waals surface area contributed by atoms with Crippen LogP contribution in [0.1, 0.15) is 77.0 Å². The maximum atomic E-state index is 6.51. The molecule has 51 heavy (non-hydrogen) atoms. The van der Waals surface area contributed by atoms with Crippen molar-refractivity contribution in [3.8, 4) is 17.4 Å². The van der Waals surface area contributed by atoms with Crippen LogP contribution in [0.2, 0.25) is 0 Å². The Labute approximate surface area is 316 Å². The molecule has 5 heterocycles. The van der Waals surface area contributed by atoms with Crippen molar-refractivity contribution in [1.29, 1.82) is 0 Å². The van der Waals surface area contributed by atoms with Gasteiger partial charge < -0.3 is 19.5 Å². The monoisotopic (exact) mass is 851 g/mol. The Morgan fingerprint density at radius 1 is 0.863 bits per heavy atom. The molecule has 8 rings (SSSR count). The predicted octanol–water partition coefficient (Wildman–Crippen LogP) is 8.41. The van der Waals surface area contributed by atoms with Gasteiger partial charge in [0.25, 0.3) is 0 Å². The molecule has 10 heteroatoms. The molecule has 7 nitrogen and oxygen atoms in total. The van der Waals surface area contributed by atoms with Crippen molar-refractivity contribution in [3.05, 3.63) is 125 Å². The van der Waals surface area contributed by atoms with E-state index in [2.05, 4.69) is 149 Å². The second-order valence-electron chi connectivity index (χ2n) is 15.2. The van der Waals surface area contributed by atoms with Gasteiger partial charge >= 0.3 is 28.0 Å². The number of rotatable bonds is 6. The summed E-state index contributed by atoms with van der Waals surface area (Å²) >= 11 is 0. The Morgan fingerprint density at radius 2 is 1.61 bits per heavy atom. The van der Waals surface area contributed by atoms with Gasteiger partial charge in [0.2, 0.25) is 5.88 Å². The number of fused-ring (bicyclic) bond motifs is 6. The van der Waals surface area contributed by atoms with Gasteiger partial charge in [0, 0.05) is 28.8 Å². The third-order valence-electron chi connectivity index (χ3n) is 10.2. The molecule has 0 radical (unpaired) electrons. The summed E-state index contributed by atoms with van der Waals surface area (Å²) in [4.78, 5) is 12.3. The molecule has 0 aliphatic carbocycles. The number of para-hydroxylation sites is 1. The molecule has 0 unspecified atom stereocenters. The Kier molecular flexibility index (Phi) is 9.08. The van der Waals surface area contributed by atoms with Crippen LogP contribution in [0.5, 0.6) is 11.6 Å². The summed E-state index contributed by atoms with van der Waals surface area (Å²) < 4.78 is 11.0. The number of ether oxygens (including phenoxy) is 1. The van der Waals surface area contributed by atoms with E-state index in [-0.39, 0.29) is 40.4 Å². The second-order valence-corrected chi connectivity index (χ2v) is 15.2. The SMILES string of the molecule is CC(C)c1cccc(C(C)C)c1B1N2C=C[N-]B2c2[c-]c(Oc3ccc4c5ccccc5n(-c5cc(C(C)(C)C)ccn5)c4n3)ccc2N1C.[Pt+2]. The van der Waals surface area contributed by atoms with E-state index in [1.165, 1.54) is 22.2 Å². The van der Waals surface area contributed by atoms with E-state index < -0.39 is 0 Å². The van der Waals surface area contributed by atoms with Gasteiger partial charge in [0.05, 0.1) is 5.52 Å². The fourth-order valence-electron chi connectivity index (χ4n) is 7.65. The number of aromatic nitrogens is 3. The summed E-state index contributed by atoms with van der Waals surface area (Å²) in [7, 11) is 2.18. The molecule has 0 fully saturated rings. The van der Waals surface area contributed by atoms with Gasteiger partial charge in [-0.2, -0.15) is 16.6 Å². The summed E-state index contributed by atoms with van der Waals surface area (Å²) in [6.45, 7) is 15.6. The normalized spacial score (nSPS) is 14.0. The first-order valence-electron chi connectivity index (χ1n) is 17.6. The summed E-state index contributed by atoms with van der Waals surface area (Å²) in [5, 5.41) is 7.12. The molecule has 0 bridgehead atoms. The third-order valence-corrected chi connectivity index (χ3v) is 10.2. The average molecular weight is 852 g/mol. The van der Waals surface area contributed by atoms with E-state index in [9.17, 15) is 0 Å². The number of nitrogens with zero attached hydrogens (tertiary/aromatic N) is 6. The van der Waals surface area contributed by atoms with Crippen molar-refractivity contribution >= 4 is 52.5 Å². The molecule has 0 spiro atoms. The molecule has 0 N–H and O–H groups in total. The largest absolute Gasteiger partial charge is 2.00 e. The predicted molar refractivity (Wildman–Crippen MR) is 209 cm³/mol. The molecule has 0 atom stereocenters. The molecule has 3 aromatic heterocycles. The molecule has 2 aliphatic heterocycles. The van der Waals surface area contributed by atoms with Crippen molar-refractivity contribution in [1.82, 2.24) is 19.3 Å². The Bertz CT molecular complexity index is 2270. The van der Waals surface area contributed by atoms with Gasteiger partial charge in [0.1, 0.15) is 12.8 Å². The van der Waals surface area contributed by atoms with E-state index in [0.29, 0.717) is 23.5 Å². The number of pyridine rings is 2. The Morgan fingerprint density at radius 3 is 2.33 bits per heavy atom. The Hall–Kier alpha value is -4.48. The standard InChI is InChI=1S/C41H42B2N6O.Pt/c1-26(2)30-13-11-14-31(27(3)4)39(30)43-47(8)36-18-16-29(25-34(36)42-45-22-23-48(42)43)50-38-19-17-33-32-12-9-10-15-35(32)49(40(33)46-38)37-24-28(20-21-44-37)41(5,6)7;/h9-24,26-27H,1-8H3;/q-2;+2. The smallest absolute Gasteiger partial charge is 0.692 e. The molecular formula is C41H42B2N6OPt. The number of hydrogen-bond donors (Lipinski definition) is 0. The van der Waals surface area contributed by atoms with Gasteiger partial charge in [-0.05, 0) is 76.9 Å². The summed E-state index contributed by atoms with van der Waals surface area (Å²) in [5.41, 5.74) is 9.25. The average Bonchev–Trinajstić information content (AvgIpc) is 3.71. The van der Waals surface area contributed by atoms with Crippen LogP contribution in [0.15, 0.2) is 97.5 Å². The van der Waals surface area contributed by atoms with Gasteiger partial charge in [-0.15, -0.1) is 18.2 Å². The van der Waals surface area contributed by atoms with E-state index in [1.54, 1.807) is 0 Å². The summed E-state index contributed by atoms with van der Waals surface area (Å²) in [6.07, 6.45) is 5.93. The van der Waals surface area contributed by atoms with Crippen molar-refractivity contribution in [2.75, 3.05) is 11.9 Å². The van der Waals surface area contributed by atoms with E-state index >= 15 is 0 Å². The summed E-state index contributed by atoms with van der Waals surface area (Å²) in [6, 6.07) is 31.2. The van der Waals surface area contributed by atoms with Crippen LogP contribution in [-0.2, 0) is 26.5 Å². The maximum Gasteiger partial charge on any atom is 2.00 e. The van der Waals surface area contributed by atoms with Gasteiger partial charge in [-0.1, -0.05) is 90.6 Å². The molecular weight excluding hydrogens is 809 g/mol. The Balaban J connectivity index is 0.00000406. The number of hydrogen-bond acceptors (Lipinski definition) is 5. The van der Waals surface area contributed by atoms with Crippen LogP contribution < -0.4 is 20.5 Å². The minimum atomic E-state index is -0.200. The maximum absolute atomic E-state index is 6.51. The third kappa shape index (κ3) is 5.94. The summed E-state index contributed by atoms with van der Waals surface area (Å²) in [5.74, 6) is 2.72. The second kappa shape index (κ2) is 13.2. The fourth-order valence-corrected chi connectivity index (χ4v) is 7.65. The van der Waals surface area contributed by atoms with Crippen LogP contribution in [0.3, 0.4) is 0 Å². The topological polar surface area (TPSA) is 60.5 Å². The van der Waals surface area contributed by atoms with E-state index in [4.69, 9.17) is 19.9 Å². The minimum absolute atomic E-state index is 0. The first kappa shape index (κ1) is 34.9.